The molecule has 2 heterocycles. The Hall–Kier alpha value is 1.14. The van der Waals surface area contributed by atoms with Crippen molar-refractivity contribution in [2.75, 3.05) is 26.2 Å². The van der Waals surface area contributed by atoms with E-state index < -0.39 is 0 Å². The molecular formula is C12H20CdN2S4. The summed E-state index contributed by atoms with van der Waals surface area (Å²) in [5.74, 6) is 0. The van der Waals surface area contributed by atoms with Crippen LogP contribution < -0.4 is 0 Å². The SMILES string of the molecule is S=C([S-])N1CCCCC1.S=C([S-])N1CCCCC1.[Cd+2]. The summed E-state index contributed by atoms with van der Waals surface area (Å²) in [6, 6.07) is 0. The van der Waals surface area contributed by atoms with Gasteiger partial charge in [-0.05, 0) is 38.5 Å². The summed E-state index contributed by atoms with van der Waals surface area (Å²) in [6.07, 6.45) is 7.73. The third kappa shape index (κ3) is 8.90. The number of hydrogen-bond acceptors (Lipinski definition) is 4. The van der Waals surface area contributed by atoms with Crippen molar-refractivity contribution in [1.29, 1.82) is 0 Å². The zero-order valence-corrected chi connectivity index (χ0v) is 18.6. The predicted octanol–water partition coefficient (Wildman–Crippen LogP) is 2.61. The third-order valence-corrected chi connectivity index (χ3v) is 4.26. The number of likely N-dealkylation sites (tertiary alicyclic amines) is 2. The Bertz CT molecular complexity index is 249. The molecule has 0 saturated carbocycles. The number of nitrogens with zero attached hydrogens (tertiary/aromatic N) is 2. The van der Waals surface area contributed by atoms with Crippen molar-refractivity contribution >= 4 is 58.3 Å². The summed E-state index contributed by atoms with van der Waals surface area (Å²) < 4.78 is 1.30. The first kappa shape index (κ1) is 20.1. The molecular weight excluding hydrogens is 413 g/mol. The normalized spacial score (nSPS) is 18.7. The molecule has 104 valence electrons. The molecule has 0 unspecified atom stereocenters. The Morgan fingerprint density at radius 1 is 0.632 bits per heavy atom. The Labute approximate surface area is 159 Å². The van der Waals surface area contributed by atoms with E-state index in [1.165, 1.54) is 38.5 Å². The van der Waals surface area contributed by atoms with Crippen LogP contribution in [0.15, 0.2) is 0 Å². The quantitative estimate of drug-likeness (QED) is 0.327. The predicted molar refractivity (Wildman–Crippen MR) is 90.8 cm³/mol. The fourth-order valence-corrected chi connectivity index (χ4v) is 2.88. The fraction of sp³-hybridized carbons (Fsp3) is 0.833. The number of hydrogen-bond donors (Lipinski definition) is 0. The molecule has 0 atom stereocenters. The Morgan fingerprint density at radius 2 is 0.895 bits per heavy atom. The van der Waals surface area contributed by atoms with Gasteiger partial charge in [-0.15, -0.1) is 0 Å². The summed E-state index contributed by atoms with van der Waals surface area (Å²) in [6.45, 7) is 4.34. The molecule has 2 rings (SSSR count). The van der Waals surface area contributed by atoms with E-state index in [-0.39, 0.29) is 27.3 Å². The van der Waals surface area contributed by atoms with Crippen LogP contribution in [0.5, 0.6) is 0 Å². The van der Waals surface area contributed by atoms with E-state index in [4.69, 9.17) is 49.7 Å². The van der Waals surface area contributed by atoms with E-state index in [1.54, 1.807) is 0 Å². The van der Waals surface area contributed by atoms with Crippen LogP contribution in [0.3, 0.4) is 0 Å². The number of thiocarbonyl (C=S) groups is 2. The van der Waals surface area contributed by atoms with Crippen molar-refractivity contribution < 1.29 is 27.3 Å². The Morgan fingerprint density at radius 3 is 1.05 bits per heavy atom. The molecule has 2 nitrogen and oxygen atoms in total. The number of rotatable bonds is 0. The van der Waals surface area contributed by atoms with Crippen molar-refractivity contribution in [2.24, 2.45) is 0 Å². The standard InChI is InChI=1S/2C6H11NS2.Cd/c2*8-6(9)7-4-2-1-3-5-7;/h2*1-5H2,(H,8,9);/q;;+2/p-2. The molecule has 0 aromatic carbocycles. The summed E-state index contributed by atoms with van der Waals surface area (Å²) in [7, 11) is 0. The van der Waals surface area contributed by atoms with Crippen molar-refractivity contribution in [3.05, 3.63) is 0 Å². The minimum Gasteiger partial charge on any atom is -0.411 e. The number of piperidine rings is 2. The second-order valence-electron chi connectivity index (χ2n) is 4.63. The molecule has 19 heavy (non-hydrogen) atoms. The fourth-order valence-electron chi connectivity index (χ4n) is 2.15. The minimum absolute atomic E-state index is 0. The molecule has 0 radical (unpaired) electrons. The van der Waals surface area contributed by atoms with Gasteiger partial charge in [-0.2, -0.15) is 0 Å². The van der Waals surface area contributed by atoms with E-state index >= 15 is 0 Å². The molecule has 2 aliphatic heterocycles. The summed E-state index contributed by atoms with van der Waals surface area (Å²) in [4.78, 5) is 4.21. The average molecular weight is 433 g/mol. The van der Waals surface area contributed by atoms with Gasteiger partial charge in [0.25, 0.3) is 0 Å². The molecule has 2 aliphatic rings. The van der Waals surface area contributed by atoms with Crippen LogP contribution in [0.2, 0.25) is 0 Å². The van der Waals surface area contributed by atoms with Crippen LogP contribution in [0.4, 0.5) is 0 Å². The first-order valence-corrected chi connectivity index (χ1v) is 8.16. The molecule has 0 aliphatic carbocycles. The molecule has 0 aromatic rings. The first-order valence-electron chi connectivity index (χ1n) is 6.53. The Kier molecular flexibility index (Phi) is 12.5. The maximum atomic E-state index is 4.86. The van der Waals surface area contributed by atoms with E-state index in [0.717, 1.165) is 26.2 Å². The van der Waals surface area contributed by atoms with Gasteiger partial charge in [0.05, 0.1) is 0 Å². The van der Waals surface area contributed by atoms with Gasteiger partial charge >= 0.3 is 27.3 Å². The zero-order chi connectivity index (χ0) is 13.4. The van der Waals surface area contributed by atoms with Crippen molar-refractivity contribution in [2.45, 2.75) is 38.5 Å². The van der Waals surface area contributed by atoms with E-state index in [0.29, 0.717) is 8.64 Å². The summed E-state index contributed by atoms with van der Waals surface area (Å²) >= 11 is 19.4. The Balaban J connectivity index is 0.000000324. The molecule has 0 aromatic heterocycles. The molecule has 7 heteroatoms. The van der Waals surface area contributed by atoms with E-state index in [1.807, 2.05) is 0 Å². The maximum absolute atomic E-state index is 4.86. The van der Waals surface area contributed by atoms with Crippen molar-refractivity contribution in [1.82, 2.24) is 9.80 Å². The van der Waals surface area contributed by atoms with Crippen molar-refractivity contribution in [3.8, 4) is 0 Å². The van der Waals surface area contributed by atoms with Gasteiger partial charge in [-0.3, -0.25) is 0 Å². The molecule has 0 amide bonds. The maximum Gasteiger partial charge on any atom is 2.00 e. The van der Waals surface area contributed by atoms with Gasteiger partial charge in [-0.1, -0.05) is 8.64 Å². The van der Waals surface area contributed by atoms with Gasteiger partial charge in [-0.25, -0.2) is 0 Å². The molecule has 0 spiro atoms. The van der Waals surface area contributed by atoms with Crippen LogP contribution >= 0.6 is 24.4 Å². The van der Waals surface area contributed by atoms with Crippen LogP contribution in [0.1, 0.15) is 38.5 Å². The second-order valence-corrected chi connectivity index (χ2v) is 6.69. The van der Waals surface area contributed by atoms with Gasteiger partial charge in [0.1, 0.15) is 0 Å². The van der Waals surface area contributed by atoms with E-state index in [2.05, 4.69) is 9.80 Å². The topological polar surface area (TPSA) is 6.48 Å². The second kappa shape index (κ2) is 11.8. The van der Waals surface area contributed by atoms with Crippen LogP contribution in [0, 0.1) is 0 Å². The summed E-state index contributed by atoms with van der Waals surface area (Å²) in [5.41, 5.74) is 0. The van der Waals surface area contributed by atoms with Crippen molar-refractivity contribution in [3.63, 3.8) is 0 Å². The zero-order valence-electron chi connectivity index (χ0n) is 11.3. The largest absolute Gasteiger partial charge is 2.00 e. The molecule has 2 fully saturated rings. The minimum atomic E-state index is 0. The smallest absolute Gasteiger partial charge is 0.411 e. The third-order valence-electron chi connectivity index (χ3n) is 3.23. The van der Waals surface area contributed by atoms with Crippen LogP contribution in [-0.2, 0) is 52.6 Å². The van der Waals surface area contributed by atoms with Crippen LogP contribution in [0.25, 0.3) is 0 Å². The summed E-state index contributed by atoms with van der Waals surface area (Å²) in [5, 5.41) is 0. The van der Waals surface area contributed by atoms with Gasteiger partial charge < -0.3 is 59.5 Å². The molecule has 2 saturated heterocycles. The van der Waals surface area contributed by atoms with Gasteiger partial charge in [0.2, 0.25) is 0 Å². The average Bonchev–Trinajstić information content (AvgIpc) is 2.41. The van der Waals surface area contributed by atoms with Gasteiger partial charge in [0, 0.05) is 26.2 Å². The van der Waals surface area contributed by atoms with Crippen LogP contribution in [-0.4, -0.2) is 44.6 Å². The van der Waals surface area contributed by atoms with Gasteiger partial charge in [0.15, 0.2) is 0 Å². The van der Waals surface area contributed by atoms with E-state index in [9.17, 15) is 0 Å². The molecule has 0 N–H and O–H groups in total. The molecule has 0 bridgehead atoms. The monoisotopic (exact) mass is 434 g/mol. The first-order chi connectivity index (χ1) is 8.61.